The summed E-state index contributed by atoms with van der Waals surface area (Å²) >= 11 is 6.37. The van der Waals surface area contributed by atoms with Crippen molar-refractivity contribution in [2.24, 2.45) is 0 Å². The summed E-state index contributed by atoms with van der Waals surface area (Å²) < 4.78 is 35.0. The molecule has 0 aliphatic rings. The third-order valence-electron chi connectivity index (χ3n) is 5.45. The molecule has 0 spiro atoms. The van der Waals surface area contributed by atoms with Gasteiger partial charge in [-0.25, -0.2) is 18.4 Å². The summed E-state index contributed by atoms with van der Waals surface area (Å²) in [6, 6.07) is 16.8. The number of carbonyl (C=O) groups excluding carboxylic acids is 1. The first-order valence-corrected chi connectivity index (χ1v) is 13.4. The van der Waals surface area contributed by atoms with Crippen LogP contribution in [0, 0.1) is 6.92 Å². The van der Waals surface area contributed by atoms with Gasteiger partial charge in [-0.2, -0.15) is 0 Å². The zero-order valence-corrected chi connectivity index (χ0v) is 22.8. The van der Waals surface area contributed by atoms with Crippen LogP contribution in [0.3, 0.4) is 0 Å². The lowest BCUT2D eigenvalue weighted by molar-refractivity contribution is -0.116. The summed E-state index contributed by atoms with van der Waals surface area (Å²) in [6.07, 6.45) is 0. The lowest BCUT2D eigenvalue weighted by Gasteiger charge is -2.16. The van der Waals surface area contributed by atoms with Crippen LogP contribution in [0.15, 0.2) is 65.6 Å². The maximum atomic E-state index is 13.6. The lowest BCUT2D eigenvalue weighted by atomic mass is 10.2. The molecule has 3 aromatic carbocycles. The molecule has 0 saturated carbocycles. The molecule has 0 bridgehead atoms. The Labute approximate surface area is 226 Å². The highest BCUT2D eigenvalue weighted by atomic mass is 35.5. The van der Waals surface area contributed by atoms with Gasteiger partial charge in [-0.1, -0.05) is 29.8 Å². The number of anilines is 4. The van der Waals surface area contributed by atoms with Crippen LogP contribution in [0.25, 0.3) is 11.0 Å². The Morgan fingerprint density at radius 3 is 2.34 bits per heavy atom. The molecule has 0 radical (unpaired) electrons. The zero-order chi connectivity index (χ0) is 27.4. The molecule has 0 atom stereocenters. The van der Waals surface area contributed by atoms with Crippen LogP contribution in [0.2, 0.25) is 5.02 Å². The van der Waals surface area contributed by atoms with Gasteiger partial charge in [0.05, 0.1) is 40.3 Å². The summed E-state index contributed by atoms with van der Waals surface area (Å²) in [7, 11) is 0.921. The van der Waals surface area contributed by atoms with E-state index in [1.165, 1.54) is 13.2 Å². The second-order valence-corrected chi connectivity index (χ2v) is 10.8. The Morgan fingerprint density at radius 1 is 1.00 bits per heavy atom. The Balaban J connectivity index is 1.73. The van der Waals surface area contributed by atoms with Crippen molar-refractivity contribution in [1.29, 1.82) is 0 Å². The van der Waals surface area contributed by atoms with Crippen molar-refractivity contribution in [2.45, 2.75) is 11.8 Å². The monoisotopic (exact) mass is 554 g/mol. The molecule has 0 aliphatic carbocycles. The molecule has 198 valence electrons. The van der Waals surface area contributed by atoms with Gasteiger partial charge in [0.2, 0.25) is 5.91 Å². The van der Waals surface area contributed by atoms with Gasteiger partial charge >= 0.3 is 0 Å². The largest absolute Gasteiger partial charge is 0.497 e. The number of fused-ring (bicyclic) bond motifs is 1. The van der Waals surface area contributed by atoms with Crippen LogP contribution in [0.5, 0.6) is 5.75 Å². The van der Waals surface area contributed by atoms with Gasteiger partial charge in [-0.05, 0) is 63.0 Å². The third-order valence-corrected chi connectivity index (χ3v) is 7.26. The Morgan fingerprint density at radius 2 is 1.68 bits per heavy atom. The van der Waals surface area contributed by atoms with Gasteiger partial charge in [0.15, 0.2) is 11.6 Å². The number of halogens is 1. The molecule has 3 N–H and O–H groups in total. The molecule has 4 rings (SSSR count). The SMILES string of the molecule is COc1ccc(Cl)c(Nc2nc3ccccc3nc2NS(=O)(=O)c2cc(NC(=O)CN(C)C)ccc2C)c1. The van der Waals surface area contributed by atoms with Crippen LogP contribution < -0.4 is 20.1 Å². The van der Waals surface area contributed by atoms with E-state index in [4.69, 9.17) is 16.3 Å². The molecule has 1 aromatic heterocycles. The summed E-state index contributed by atoms with van der Waals surface area (Å²) in [5.74, 6) is 0.410. The summed E-state index contributed by atoms with van der Waals surface area (Å²) in [6.45, 7) is 1.82. The van der Waals surface area contributed by atoms with E-state index in [9.17, 15) is 13.2 Å². The van der Waals surface area contributed by atoms with Crippen molar-refractivity contribution in [1.82, 2.24) is 14.9 Å². The van der Waals surface area contributed by atoms with Gasteiger partial charge in [0.1, 0.15) is 5.75 Å². The fourth-order valence-electron chi connectivity index (χ4n) is 3.65. The van der Waals surface area contributed by atoms with Crippen molar-refractivity contribution in [3.63, 3.8) is 0 Å². The van der Waals surface area contributed by atoms with E-state index in [1.54, 1.807) is 74.4 Å². The molecule has 10 nitrogen and oxygen atoms in total. The van der Waals surface area contributed by atoms with Gasteiger partial charge in [-0.15, -0.1) is 0 Å². The fraction of sp³-hybridized carbons (Fsp3) is 0.192. The minimum Gasteiger partial charge on any atom is -0.497 e. The maximum absolute atomic E-state index is 13.6. The summed E-state index contributed by atoms with van der Waals surface area (Å²) in [5, 5.41) is 6.18. The number of carbonyl (C=O) groups is 1. The van der Waals surface area contributed by atoms with E-state index in [0.717, 1.165) is 0 Å². The fourth-order valence-corrected chi connectivity index (χ4v) is 5.10. The second kappa shape index (κ2) is 11.2. The van der Waals surface area contributed by atoms with Crippen LogP contribution in [0.1, 0.15) is 5.56 Å². The van der Waals surface area contributed by atoms with Crippen LogP contribution in [-0.4, -0.2) is 56.9 Å². The normalized spacial score (nSPS) is 11.4. The molecular formula is C26H27ClN6O4S. The van der Waals surface area contributed by atoms with Gasteiger partial charge in [0.25, 0.3) is 10.0 Å². The van der Waals surface area contributed by atoms with Crippen molar-refractivity contribution >= 4 is 61.6 Å². The van der Waals surface area contributed by atoms with Gasteiger partial charge in [0, 0.05) is 11.8 Å². The predicted octanol–water partition coefficient (Wildman–Crippen LogP) is 4.64. The van der Waals surface area contributed by atoms with Crippen molar-refractivity contribution in [2.75, 3.05) is 43.1 Å². The number of aromatic nitrogens is 2. The molecule has 0 aliphatic heterocycles. The average molecular weight is 555 g/mol. The Kier molecular flexibility index (Phi) is 8.00. The number of aryl methyl sites for hydroxylation is 1. The number of amides is 1. The number of para-hydroxylation sites is 2. The average Bonchev–Trinajstić information content (AvgIpc) is 2.86. The number of nitrogens with one attached hydrogen (secondary N) is 3. The van der Waals surface area contributed by atoms with Crippen LogP contribution in [0.4, 0.5) is 23.0 Å². The zero-order valence-electron chi connectivity index (χ0n) is 21.2. The van der Waals surface area contributed by atoms with Crippen LogP contribution in [-0.2, 0) is 14.8 Å². The number of sulfonamides is 1. The number of benzene rings is 3. The number of likely N-dealkylation sites (N-methyl/N-ethyl adjacent to an activating group) is 1. The number of nitrogens with zero attached hydrogens (tertiary/aromatic N) is 3. The Bertz CT molecular complexity index is 1610. The number of hydrogen-bond acceptors (Lipinski definition) is 8. The predicted molar refractivity (Wildman–Crippen MR) is 150 cm³/mol. The molecule has 12 heteroatoms. The third kappa shape index (κ3) is 6.31. The van der Waals surface area contributed by atoms with Gasteiger partial charge < -0.3 is 20.3 Å². The quantitative estimate of drug-likeness (QED) is 0.273. The minimum atomic E-state index is -4.14. The van der Waals surface area contributed by atoms with Crippen molar-refractivity contribution in [3.8, 4) is 5.75 Å². The minimum absolute atomic E-state index is 0.0134. The van der Waals surface area contributed by atoms with Crippen molar-refractivity contribution < 1.29 is 17.9 Å². The summed E-state index contributed by atoms with van der Waals surface area (Å²) in [4.78, 5) is 23.0. The number of methoxy groups -OCH3 is 1. The highest BCUT2D eigenvalue weighted by Crippen LogP contribution is 2.33. The molecular weight excluding hydrogens is 528 g/mol. The first-order chi connectivity index (χ1) is 18.1. The first-order valence-electron chi connectivity index (χ1n) is 11.5. The molecule has 0 unspecified atom stereocenters. The standard InChI is InChI=1S/C26H27ClN6O4S/c1-16-9-10-17(28-24(34)15-33(2)3)13-23(16)38(35,36)32-26-25(29-20-7-5-6-8-21(20)30-26)31-22-14-18(37-4)11-12-19(22)27/h5-14H,15H2,1-4H3,(H,28,34)(H,29,31)(H,30,32). The maximum Gasteiger partial charge on any atom is 0.263 e. The van der Waals surface area contributed by atoms with Crippen molar-refractivity contribution in [3.05, 3.63) is 71.2 Å². The van der Waals surface area contributed by atoms with Crippen LogP contribution >= 0.6 is 11.6 Å². The molecule has 1 amide bonds. The van der Waals surface area contributed by atoms with E-state index in [1.807, 2.05) is 6.07 Å². The van der Waals surface area contributed by atoms with E-state index >= 15 is 0 Å². The number of hydrogen-bond donors (Lipinski definition) is 3. The number of rotatable bonds is 9. The number of ether oxygens (including phenoxy) is 1. The van der Waals surface area contributed by atoms with E-state index in [2.05, 4.69) is 25.3 Å². The molecule has 4 aromatic rings. The lowest BCUT2D eigenvalue weighted by Crippen LogP contribution is -2.27. The van der Waals surface area contributed by atoms with Gasteiger partial charge in [-0.3, -0.25) is 9.52 Å². The van der Waals surface area contributed by atoms with E-state index in [0.29, 0.717) is 38.7 Å². The topological polar surface area (TPSA) is 126 Å². The highest BCUT2D eigenvalue weighted by molar-refractivity contribution is 7.92. The molecule has 0 fully saturated rings. The smallest absolute Gasteiger partial charge is 0.263 e. The molecule has 0 saturated heterocycles. The Hall–Kier alpha value is -3.93. The highest BCUT2D eigenvalue weighted by Gasteiger charge is 2.22. The van der Waals surface area contributed by atoms with E-state index < -0.39 is 10.0 Å². The molecule has 1 heterocycles. The first kappa shape index (κ1) is 27.1. The summed E-state index contributed by atoms with van der Waals surface area (Å²) in [5.41, 5.74) is 2.35. The van der Waals surface area contributed by atoms with E-state index in [-0.39, 0.29) is 29.0 Å². The molecule has 38 heavy (non-hydrogen) atoms. The second-order valence-electron chi connectivity index (χ2n) is 8.75.